The standard InChI is InChI=1S/C21H22FNO5/c1-13-5-8-19(27-4)17(11-13)23-21(25)14(2)28-20(24)10-7-15-6-9-18(26-3)16(22)12-15/h5-12,14H,1-4H3,(H,23,25)/b10-7+/t14-/m0/s1. The van der Waals surface area contributed by atoms with Gasteiger partial charge in [-0.2, -0.15) is 0 Å². The zero-order chi connectivity index (χ0) is 20.7. The third-order valence-corrected chi connectivity index (χ3v) is 3.86. The van der Waals surface area contributed by atoms with E-state index in [1.165, 1.54) is 39.4 Å². The maximum absolute atomic E-state index is 13.6. The molecule has 0 spiro atoms. The summed E-state index contributed by atoms with van der Waals surface area (Å²) < 4.78 is 28.8. The number of hydrogen-bond donors (Lipinski definition) is 1. The first-order valence-electron chi connectivity index (χ1n) is 8.51. The Morgan fingerprint density at radius 2 is 1.75 bits per heavy atom. The molecule has 0 saturated heterocycles. The molecule has 0 aromatic heterocycles. The fourth-order valence-electron chi connectivity index (χ4n) is 2.37. The van der Waals surface area contributed by atoms with Gasteiger partial charge in [0.1, 0.15) is 5.75 Å². The number of amides is 1. The smallest absolute Gasteiger partial charge is 0.331 e. The van der Waals surface area contributed by atoms with Gasteiger partial charge in [-0.05, 0) is 55.3 Å². The van der Waals surface area contributed by atoms with E-state index in [0.29, 0.717) is 17.0 Å². The molecule has 1 atom stereocenters. The molecule has 2 aromatic rings. The highest BCUT2D eigenvalue weighted by Crippen LogP contribution is 2.25. The fourth-order valence-corrected chi connectivity index (χ4v) is 2.37. The Labute approximate surface area is 162 Å². The minimum atomic E-state index is -1.03. The molecule has 2 rings (SSSR count). The molecule has 1 amide bonds. The number of aryl methyl sites for hydroxylation is 1. The van der Waals surface area contributed by atoms with Gasteiger partial charge in [-0.25, -0.2) is 9.18 Å². The molecule has 0 saturated carbocycles. The zero-order valence-electron chi connectivity index (χ0n) is 16.1. The fraction of sp³-hybridized carbons (Fsp3) is 0.238. The van der Waals surface area contributed by atoms with Gasteiger partial charge in [-0.15, -0.1) is 0 Å². The van der Waals surface area contributed by atoms with E-state index >= 15 is 0 Å². The van der Waals surface area contributed by atoms with E-state index in [0.717, 1.165) is 11.6 Å². The number of ether oxygens (including phenoxy) is 3. The van der Waals surface area contributed by atoms with Crippen LogP contribution in [-0.4, -0.2) is 32.2 Å². The Morgan fingerprint density at radius 3 is 2.39 bits per heavy atom. The van der Waals surface area contributed by atoms with Crippen molar-refractivity contribution >= 4 is 23.6 Å². The van der Waals surface area contributed by atoms with Crippen LogP contribution in [0.15, 0.2) is 42.5 Å². The lowest BCUT2D eigenvalue weighted by molar-refractivity contribution is -0.148. The first kappa shape index (κ1) is 21.0. The number of hydrogen-bond acceptors (Lipinski definition) is 5. The second kappa shape index (κ2) is 9.55. The SMILES string of the molecule is COc1ccc(/C=C/C(=O)O[C@@H](C)C(=O)Nc2cc(C)ccc2OC)cc1F. The van der Waals surface area contributed by atoms with Crippen LogP contribution in [0.4, 0.5) is 10.1 Å². The summed E-state index contributed by atoms with van der Waals surface area (Å²) >= 11 is 0. The summed E-state index contributed by atoms with van der Waals surface area (Å²) in [5, 5.41) is 2.67. The highest BCUT2D eigenvalue weighted by Gasteiger charge is 2.18. The van der Waals surface area contributed by atoms with E-state index in [9.17, 15) is 14.0 Å². The van der Waals surface area contributed by atoms with Gasteiger partial charge in [-0.1, -0.05) is 12.1 Å². The molecule has 148 valence electrons. The molecule has 0 fully saturated rings. The largest absolute Gasteiger partial charge is 0.495 e. The minimum Gasteiger partial charge on any atom is -0.495 e. The van der Waals surface area contributed by atoms with Gasteiger partial charge in [0.05, 0.1) is 19.9 Å². The maximum atomic E-state index is 13.6. The molecule has 28 heavy (non-hydrogen) atoms. The molecule has 0 aliphatic heterocycles. The zero-order valence-corrected chi connectivity index (χ0v) is 16.1. The third kappa shape index (κ3) is 5.57. The highest BCUT2D eigenvalue weighted by molar-refractivity contribution is 5.97. The number of benzene rings is 2. The average molecular weight is 387 g/mol. The summed E-state index contributed by atoms with van der Waals surface area (Å²) in [6.45, 7) is 3.34. The van der Waals surface area contributed by atoms with Crippen LogP contribution in [0.1, 0.15) is 18.1 Å². The van der Waals surface area contributed by atoms with Crippen LogP contribution in [0.2, 0.25) is 0 Å². The van der Waals surface area contributed by atoms with Crippen molar-refractivity contribution in [2.75, 3.05) is 19.5 Å². The lowest BCUT2D eigenvalue weighted by atomic mass is 10.2. The van der Waals surface area contributed by atoms with Crippen LogP contribution in [-0.2, 0) is 14.3 Å². The van der Waals surface area contributed by atoms with Gasteiger partial charge in [0, 0.05) is 6.08 Å². The minimum absolute atomic E-state index is 0.108. The van der Waals surface area contributed by atoms with Crippen molar-refractivity contribution < 1.29 is 28.2 Å². The van der Waals surface area contributed by atoms with Gasteiger partial charge in [0.25, 0.3) is 5.91 Å². The van der Waals surface area contributed by atoms with Gasteiger partial charge in [0.2, 0.25) is 0 Å². The Bertz CT molecular complexity index is 894. The second-order valence-corrected chi connectivity index (χ2v) is 6.00. The molecule has 0 aliphatic carbocycles. The molecule has 6 nitrogen and oxygen atoms in total. The molecule has 7 heteroatoms. The number of methoxy groups -OCH3 is 2. The summed E-state index contributed by atoms with van der Waals surface area (Å²) in [7, 11) is 2.86. The highest BCUT2D eigenvalue weighted by atomic mass is 19.1. The Morgan fingerprint density at radius 1 is 1.07 bits per heavy atom. The van der Waals surface area contributed by atoms with Crippen molar-refractivity contribution in [1.29, 1.82) is 0 Å². The molecule has 0 aliphatic rings. The van der Waals surface area contributed by atoms with Crippen LogP contribution in [0.5, 0.6) is 11.5 Å². The van der Waals surface area contributed by atoms with E-state index in [-0.39, 0.29) is 5.75 Å². The van der Waals surface area contributed by atoms with Crippen LogP contribution in [0, 0.1) is 12.7 Å². The molecule has 0 radical (unpaired) electrons. The normalized spacial score (nSPS) is 11.8. The van der Waals surface area contributed by atoms with E-state index in [1.54, 1.807) is 18.2 Å². The Kier molecular flexibility index (Phi) is 7.14. The van der Waals surface area contributed by atoms with Crippen molar-refractivity contribution in [2.45, 2.75) is 20.0 Å². The van der Waals surface area contributed by atoms with Crippen LogP contribution < -0.4 is 14.8 Å². The van der Waals surface area contributed by atoms with Crippen molar-refractivity contribution in [1.82, 2.24) is 0 Å². The van der Waals surface area contributed by atoms with E-state index in [1.807, 2.05) is 13.0 Å². The van der Waals surface area contributed by atoms with Crippen molar-refractivity contribution in [3.8, 4) is 11.5 Å². The van der Waals surface area contributed by atoms with Crippen LogP contribution in [0.25, 0.3) is 6.08 Å². The van der Waals surface area contributed by atoms with Crippen molar-refractivity contribution in [3.63, 3.8) is 0 Å². The first-order chi connectivity index (χ1) is 13.3. The molecule has 0 unspecified atom stereocenters. The Hall–Kier alpha value is -3.35. The molecule has 1 N–H and O–H groups in total. The average Bonchev–Trinajstić information content (AvgIpc) is 2.66. The van der Waals surface area contributed by atoms with Crippen LogP contribution >= 0.6 is 0 Å². The van der Waals surface area contributed by atoms with Crippen LogP contribution in [0.3, 0.4) is 0 Å². The van der Waals surface area contributed by atoms with E-state index in [2.05, 4.69) is 5.32 Å². The van der Waals surface area contributed by atoms with Crippen molar-refractivity contribution in [2.24, 2.45) is 0 Å². The van der Waals surface area contributed by atoms with E-state index < -0.39 is 23.8 Å². The summed E-state index contributed by atoms with van der Waals surface area (Å²) in [5.41, 5.74) is 1.88. The van der Waals surface area contributed by atoms with Gasteiger partial charge in [0.15, 0.2) is 17.7 Å². The molecule has 0 bridgehead atoms. The summed E-state index contributed by atoms with van der Waals surface area (Å²) in [4.78, 5) is 24.2. The predicted molar refractivity (Wildman–Crippen MR) is 104 cm³/mol. The number of halogens is 1. The van der Waals surface area contributed by atoms with Gasteiger partial charge >= 0.3 is 5.97 Å². The Balaban J connectivity index is 1.97. The third-order valence-electron chi connectivity index (χ3n) is 3.86. The van der Waals surface area contributed by atoms with Gasteiger partial charge < -0.3 is 19.5 Å². The second-order valence-electron chi connectivity index (χ2n) is 6.00. The molecule has 0 heterocycles. The number of carbonyl (C=O) groups is 2. The summed E-state index contributed by atoms with van der Waals surface area (Å²) in [6, 6.07) is 9.60. The molecular formula is C21H22FNO5. The maximum Gasteiger partial charge on any atom is 0.331 e. The number of nitrogens with one attached hydrogen (secondary N) is 1. The quantitative estimate of drug-likeness (QED) is 0.579. The van der Waals surface area contributed by atoms with Crippen molar-refractivity contribution in [3.05, 3.63) is 59.4 Å². The molecule has 2 aromatic carbocycles. The number of carbonyl (C=O) groups excluding carboxylic acids is 2. The monoisotopic (exact) mass is 387 g/mol. The van der Waals surface area contributed by atoms with E-state index in [4.69, 9.17) is 14.2 Å². The lowest BCUT2D eigenvalue weighted by Gasteiger charge is -2.15. The predicted octanol–water partition coefficient (Wildman–Crippen LogP) is 3.73. The summed E-state index contributed by atoms with van der Waals surface area (Å²) in [5.74, 6) is -1.16. The van der Waals surface area contributed by atoms with Gasteiger partial charge in [-0.3, -0.25) is 4.79 Å². The number of anilines is 1. The first-order valence-corrected chi connectivity index (χ1v) is 8.51. The lowest BCUT2D eigenvalue weighted by Crippen LogP contribution is -2.29. The number of rotatable bonds is 7. The topological polar surface area (TPSA) is 73.9 Å². The summed E-state index contributed by atoms with van der Waals surface area (Å²) in [6.07, 6.45) is 1.48. The number of esters is 1. The molecular weight excluding hydrogens is 365 g/mol.